The van der Waals surface area contributed by atoms with Crippen molar-refractivity contribution in [2.24, 2.45) is 0 Å². The van der Waals surface area contributed by atoms with E-state index in [2.05, 4.69) is 10.3 Å². The SMILES string of the molecule is CCOC(=O)c1c(NC(=O)COC(=O)c2ccccn2)sc(CC)c1C. The van der Waals surface area contributed by atoms with Crippen LogP contribution in [-0.4, -0.2) is 36.0 Å². The molecule has 2 aromatic rings. The summed E-state index contributed by atoms with van der Waals surface area (Å²) in [6, 6.07) is 4.82. The number of carbonyl (C=O) groups is 3. The number of nitrogens with one attached hydrogen (secondary N) is 1. The molecule has 0 radical (unpaired) electrons. The molecule has 0 saturated carbocycles. The molecule has 8 heteroatoms. The van der Waals surface area contributed by atoms with Gasteiger partial charge in [-0.3, -0.25) is 4.79 Å². The van der Waals surface area contributed by atoms with Crippen molar-refractivity contribution in [3.63, 3.8) is 0 Å². The molecule has 1 amide bonds. The summed E-state index contributed by atoms with van der Waals surface area (Å²) in [4.78, 5) is 41.0. The number of carbonyl (C=O) groups excluding carboxylic acids is 3. The third-order valence-electron chi connectivity index (χ3n) is 3.51. The standard InChI is InChI=1S/C18H20N2O5S/c1-4-13-11(3)15(18(23)24-5-2)16(26-13)20-14(21)10-25-17(22)12-8-6-7-9-19-12/h6-9H,4-5,10H2,1-3H3,(H,20,21). The summed E-state index contributed by atoms with van der Waals surface area (Å²) in [5.74, 6) is -1.71. The minimum atomic E-state index is -0.692. The molecule has 0 aliphatic rings. The first kappa shape index (κ1) is 19.6. The Morgan fingerprint density at radius 1 is 1.15 bits per heavy atom. The fraction of sp³-hybridized carbons (Fsp3) is 0.333. The van der Waals surface area contributed by atoms with Crippen LogP contribution < -0.4 is 5.32 Å². The molecule has 2 aromatic heterocycles. The summed E-state index contributed by atoms with van der Waals surface area (Å²) in [6.07, 6.45) is 2.19. The van der Waals surface area contributed by atoms with Gasteiger partial charge in [-0.05, 0) is 38.0 Å². The Morgan fingerprint density at radius 2 is 1.92 bits per heavy atom. The van der Waals surface area contributed by atoms with E-state index in [1.165, 1.54) is 23.6 Å². The lowest BCUT2D eigenvalue weighted by Gasteiger charge is -2.07. The Balaban J connectivity index is 2.06. The van der Waals surface area contributed by atoms with Crippen molar-refractivity contribution in [3.05, 3.63) is 46.1 Å². The molecule has 0 aliphatic heterocycles. The Hall–Kier alpha value is -2.74. The fourth-order valence-corrected chi connectivity index (χ4v) is 3.44. The first-order valence-electron chi connectivity index (χ1n) is 8.15. The van der Waals surface area contributed by atoms with E-state index in [0.29, 0.717) is 10.6 Å². The highest BCUT2D eigenvalue weighted by atomic mass is 32.1. The van der Waals surface area contributed by atoms with Gasteiger partial charge in [0.05, 0.1) is 12.2 Å². The molecule has 0 saturated heterocycles. The van der Waals surface area contributed by atoms with Crippen molar-refractivity contribution in [1.82, 2.24) is 4.98 Å². The highest BCUT2D eigenvalue weighted by molar-refractivity contribution is 7.17. The molecule has 2 rings (SSSR count). The number of hydrogen-bond donors (Lipinski definition) is 1. The first-order valence-corrected chi connectivity index (χ1v) is 8.96. The van der Waals surface area contributed by atoms with Crippen LogP contribution >= 0.6 is 11.3 Å². The van der Waals surface area contributed by atoms with Crippen LogP contribution in [-0.2, 0) is 20.7 Å². The Morgan fingerprint density at radius 3 is 2.54 bits per heavy atom. The third kappa shape index (κ3) is 4.66. The second kappa shape index (κ2) is 9.10. The summed E-state index contributed by atoms with van der Waals surface area (Å²) >= 11 is 1.31. The van der Waals surface area contributed by atoms with Crippen LogP contribution in [0.25, 0.3) is 0 Å². The number of anilines is 1. The van der Waals surface area contributed by atoms with Gasteiger partial charge in [0.2, 0.25) is 0 Å². The number of pyridine rings is 1. The number of thiophene rings is 1. The monoisotopic (exact) mass is 376 g/mol. The van der Waals surface area contributed by atoms with E-state index in [4.69, 9.17) is 9.47 Å². The molecule has 0 aliphatic carbocycles. The number of ether oxygens (including phenoxy) is 2. The maximum Gasteiger partial charge on any atom is 0.357 e. The van der Waals surface area contributed by atoms with Crippen LogP contribution in [0.2, 0.25) is 0 Å². The molecule has 0 spiro atoms. The zero-order valence-electron chi connectivity index (χ0n) is 14.8. The van der Waals surface area contributed by atoms with E-state index in [-0.39, 0.29) is 12.3 Å². The minimum Gasteiger partial charge on any atom is -0.462 e. The van der Waals surface area contributed by atoms with Gasteiger partial charge in [-0.2, -0.15) is 0 Å². The van der Waals surface area contributed by atoms with Crippen LogP contribution in [0.3, 0.4) is 0 Å². The summed E-state index contributed by atoms with van der Waals surface area (Å²) in [5.41, 5.74) is 1.25. The first-order chi connectivity index (χ1) is 12.5. The van der Waals surface area contributed by atoms with Crippen LogP contribution in [0.15, 0.2) is 24.4 Å². The molecule has 7 nitrogen and oxygen atoms in total. The maximum atomic E-state index is 12.2. The lowest BCUT2D eigenvalue weighted by molar-refractivity contribution is -0.119. The number of aromatic nitrogens is 1. The summed E-state index contributed by atoms with van der Waals surface area (Å²) < 4.78 is 10.0. The van der Waals surface area contributed by atoms with E-state index in [9.17, 15) is 14.4 Å². The van der Waals surface area contributed by atoms with Gasteiger partial charge in [-0.15, -0.1) is 11.3 Å². The van der Waals surface area contributed by atoms with Gasteiger partial charge < -0.3 is 14.8 Å². The molecule has 138 valence electrons. The van der Waals surface area contributed by atoms with Crippen molar-refractivity contribution < 1.29 is 23.9 Å². The Kier molecular flexibility index (Phi) is 6.85. The highest BCUT2D eigenvalue weighted by Gasteiger charge is 2.23. The second-order valence-electron chi connectivity index (χ2n) is 5.27. The lowest BCUT2D eigenvalue weighted by Crippen LogP contribution is -2.22. The van der Waals surface area contributed by atoms with Crippen molar-refractivity contribution in [2.75, 3.05) is 18.5 Å². The van der Waals surface area contributed by atoms with Gasteiger partial charge >= 0.3 is 11.9 Å². The van der Waals surface area contributed by atoms with Gasteiger partial charge in [0, 0.05) is 11.1 Å². The average molecular weight is 376 g/mol. The fourth-order valence-electron chi connectivity index (χ4n) is 2.29. The zero-order chi connectivity index (χ0) is 19.1. The largest absolute Gasteiger partial charge is 0.462 e. The zero-order valence-corrected chi connectivity index (χ0v) is 15.6. The molecule has 26 heavy (non-hydrogen) atoms. The van der Waals surface area contributed by atoms with Crippen molar-refractivity contribution in [3.8, 4) is 0 Å². The molecule has 0 aromatic carbocycles. The molecule has 2 heterocycles. The van der Waals surface area contributed by atoms with Gasteiger partial charge in [0.25, 0.3) is 5.91 Å². The molecule has 0 unspecified atom stereocenters. The van der Waals surface area contributed by atoms with Crippen LogP contribution in [0.1, 0.15) is 45.1 Å². The molecular formula is C18H20N2O5S. The smallest absolute Gasteiger partial charge is 0.357 e. The van der Waals surface area contributed by atoms with Gasteiger partial charge in [-0.1, -0.05) is 13.0 Å². The van der Waals surface area contributed by atoms with Gasteiger partial charge in [-0.25, -0.2) is 14.6 Å². The van der Waals surface area contributed by atoms with E-state index < -0.39 is 24.5 Å². The van der Waals surface area contributed by atoms with Crippen molar-refractivity contribution in [1.29, 1.82) is 0 Å². The second-order valence-corrected chi connectivity index (χ2v) is 6.37. The minimum absolute atomic E-state index is 0.118. The molecule has 0 bridgehead atoms. The van der Waals surface area contributed by atoms with E-state index in [1.807, 2.05) is 13.8 Å². The van der Waals surface area contributed by atoms with Crippen molar-refractivity contribution in [2.45, 2.75) is 27.2 Å². The Bertz CT molecular complexity index is 801. The maximum absolute atomic E-state index is 12.2. The number of rotatable bonds is 7. The number of aryl methyl sites for hydroxylation is 1. The van der Waals surface area contributed by atoms with Crippen molar-refractivity contribution >= 4 is 34.2 Å². The van der Waals surface area contributed by atoms with Gasteiger partial charge in [0.15, 0.2) is 6.61 Å². The van der Waals surface area contributed by atoms with E-state index >= 15 is 0 Å². The lowest BCUT2D eigenvalue weighted by atomic mass is 10.1. The quantitative estimate of drug-likeness (QED) is 0.747. The number of nitrogens with zero attached hydrogens (tertiary/aromatic N) is 1. The molecule has 0 atom stereocenters. The van der Waals surface area contributed by atoms with E-state index in [0.717, 1.165) is 16.9 Å². The van der Waals surface area contributed by atoms with Gasteiger partial charge in [0.1, 0.15) is 10.7 Å². The topological polar surface area (TPSA) is 94.6 Å². The van der Waals surface area contributed by atoms with Crippen LogP contribution in [0.5, 0.6) is 0 Å². The predicted octanol–water partition coefficient (Wildman–Crippen LogP) is 2.99. The number of hydrogen-bond acceptors (Lipinski definition) is 7. The summed E-state index contributed by atoms with van der Waals surface area (Å²) in [7, 11) is 0. The molecule has 0 fully saturated rings. The van der Waals surface area contributed by atoms with Crippen LogP contribution in [0, 0.1) is 6.92 Å². The third-order valence-corrected chi connectivity index (χ3v) is 4.86. The predicted molar refractivity (Wildman–Crippen MR) is 97.5 cm³/mol. The normalized spacial score (nSPS) is 10.3. The van der Waals surface area contributed by atoms with Crippen LogP contribution in [0.4, 0.5) is 5.00 Å². The average Bonchev–Trinajstić information content (AvgIpc) is 2.95. The number of amides is 1. The highest BCUT2D eigenvalue weighted by Crippen LogP contribution is 2.34. The molecular weight excluding hydrogens is 356 g/mol. The summed E-state index contributed by atoms with van der Waals surface area (Å²) in [5, 5.41) is 3.03. The number of esters is 2. The summed E-state index contributed by atoms with van der Waals surface area (Å²) in [6.45, 7) is 5.27. The van der Waals surface area contributed by atoms with E-state index in [1.54, 1.807) is 19.1 Å². The Labute approximate surface area is 155 Å². The molecule has 1 N–H and O–H groups in total.